The van der Waals surface area contributed by atoms with Crippen LogP contribution in [0.15, 0.2) is 71.9 Å². The Morgan fingerprint density at radius 1 is 1.10 bits per heavy atom. The average molecular weight is 592 g/mol. The number of alkyl halides is 3. The fourth-order valence-electron chi connectivity index (χ4n) is 3.73. The number of hydrogen-bond donors (Lipinski definition) is 2. The van der Waals surface area contributed by atoms with Gasteiger partial charge in [-0.25, -0.2) is 18.4 Å². The molecule has 0 saturated carbocycles. The third-order valence-corrected chi connectivity index (χ3v) is 6.91. The topological polar surface area (TPSA) is 158 Å². The van der Waals surface area contributed by atoms with Crippen LogP contribution in [-0.2, 0) is 21.0 Å². The number of sulfonamides is 1. The van der Waals surface area contributed by atoms with Gasteiger partial charge in [-0.05, 0) is 62.5 Å². The maximum absolute atomic E-state index is 13.4. The second-order valence-corrected chi connectivity index (χ2v) is 10.7. The van der Waals surface area contributed by atoms with Crippen LogP contribution in [0.2, 0.25) is 0 Å². The normalized spacial score (nSPS) is 14.8. The molecule has 15 heteroatoms. The average Bonchev–Trinajstić information content (AvgIpc) is 3.06. The van der Waals surface area contributed by atoms with E-state index in [1.807, 2.05) is 0 Å². The number of anilines is 2. The molecule has 0 atom stereocenters. The van der Waals surface area contributed by atoms with Gasteiger partial charge in [0.15, 0.2) is 5.11 Å². The lowest BCUT2D eigenvalue weighted by Crippen LogP contribution is -2.44. The first-order valence-electron chi connectivity index (χ1n) is 11.1. The third-order valence-electron chi connectivity index (χ3n) is 5.66. The van der Waals surface area contributed by atoms with Crippen LogP contribution in [0, 0.1) is 11.3 Å². The molecule has 1 saturated heterocycles. The van der Waals surface area contributed by atoms with Gasteiger partial charge >= 0.3 is 12.1 Å². The Morgan fingerprint density at radius 3 is 2.23 bits per heavy atom. The van der Waals surface area contributed by atoms with E-state index in [-0.39, 0.29) is 21.4 Å². The molecule has 2 aromatic carbocycles. The molecule has 4 rings (SSSR count). The van der Waals surface area contributed by atoms with Gasteiger partial charge in [0.1, 0.15) is 10.4 Å². The number of aromatic nitrogens is 1. The summed E-state index contributed by atoms with van der Waals surface area (Å²) in [6.45, 7) is 2.94. The lowest BCUT2D eigenvalue weighted by Gasteiger charge is -2.29. The summed E-state index contributed by atoms with van der Waals surface area (Å²) in [7, 11) is -4.11. The lowest BCUT2D eigenvalue weighted by molar-refractivity contribution is -0.137. The van der Waals surface area contributed by atoms with E-state index in [2.05, 4.69) is 4.98 Å². The van der Waals surface area contributed by atoms with Gasteiger partial charge in [0.2, 0.25) is 10.0 Å². The molecule has 40 heavy (non-hydrogen) atoms. The molecule has 1 aliphatic heterocycles. The largest absolute Gasteiger partial charge is 0.478 e. The maximum Gasteiger partial charge on any atom is 0.417 e. The third kappa shape index (κ3) is 6.09. The molecule has 2 heterocycles. The van der Waals surface area contributed by atoms with E-state index >= 15 is 0 Å². The van der Waals surface area contributed by atoms with Crippen molar-refractivity contribution in [2.75, 3.05) is 9.80 Å². The number of halogens is 3. The van der Waals surface area contributed by atoms with Crippen LogP contribution < -0.4 is 14.9 Å². The van der Waals surface area contributed by atoms with Gasteiger partial charge in [0.25, 0.3) is 5.91 Å². The summed E-state index contributed by atoms with van der Waals surface area (Å²) in [5, 5.41) is 22.3. The summed E-state index contributed by atoms with van der Waals surface area (Å²) in [6, 6.07) is 13.7. The van der Waals surface area contributed by atoms with Crippen molar-refractivity contribution in [1.82, 2.24) is 4.98 Å². The Kier molecular flexibility index (Phi) is 8.29. The number of aromatic carboxylic acids is 1. The van der Waals surface area contributed by atoms with Crippen LogP contribution in [-0.4, -0.2) is 41.0 Å². The minimum atomic E-state index is -4.82. The Balaban J connectivity index is 0.000000415. The van der Waals surface area contributed by atoms with Crippen molar-refractivity contribution in [3.63, 3.8) is 0 Å². The number of thiocarbonyl (C=S) groups is 1. The Morgan fingerprint density at radius 2 is 1.73 bits per heavy atom. The fourth-order valence-corrected chi connectivity index (χ4v) is 4.74. The van der Waals surface area contributed by atoms with Crippen LogP contribution in [0.1, 0.15) is 35.3 Å². The van der Waals surface area contributed by atoms with E-state index in [9.17, 15) is 31.2 Å². The first-order chi connectivity index (χ1) is 18.5. The zero-order valence-electron chi connectivity index (χ0n) is 20.7. The van der Waals surface area contributed by atoms with E-state index in [1.165, 1.54) is 37.1 Å². The Bertz CT molecular complexity index is 1640. The fraction of sp³-hybridized carbons (Fsp3) is 0.160. The molecule has 0 radical (unpaired) electrons. The quantitative estimate of drug-likeness (QED) is 0.429. The zero-order valence-corrected chi connectivity index (χ0v) is 22.4. The minimum absolute atomic E-state index is 0.113. The van der Waals surface area contributed by atoms with Crippen molar-refractivity contribution in [1.29, 1.82) is 5.26 Å². The van der Waals surface area contributed by atoms with E-state index in [1.54, 1.807) is 30.3 Å². The Labute approximate surface area is 232 Å². The molecule has 10 nitrogen and oxygen atoms in total. The minimum Gasteiger partial charge on any atom is -0.478 e. The number of carbonyl (C=O) groups excluding carboxylic acids is 1. The van der Waals surface area contributed by atoms with Crippen molar-refractivity contribution in [3.05, 3.63) is 83.7 Å². The Hall–Kier alpha value is -4.39. The summed E-state index contributed by atoms with van der Waals surface area (Å²) in [4.78, 5) is 29.0. The van der Waals surface area contributed by atoms with Gasteiger partial charge in [-0.2, -0.15) is 18.4 Å². The second-order valence-electron chi connectivity index (χ2n) is 8.75. The highest BCUT2D eigenvalue weighted by molar-refractivity contribution is 7.89. The number of carboxylic acids is 1. The van der Waals surface area contributed by atoms with E-state index in [0.717, 1.165) is 23.2 Å². The predicted octanol–water partition coefficient (Wildman–Crippen LogP) is 3.92. The molecule has 208 valence electrons. The number of benzene rings is 2. The molecule has 1 aromatic heterocycles. The van der Waals surface area contributed by atoms with Crippen molar-refractivity contribution in [2.45, 2.75) is 30.5 Å². The summed E-state index contributed by atoms with van der Waals surface area (Å²) in [6.07, 6.45) is -2.56. The summed E-state index contributed by atoms with van der Waals surface area (Å²) >= 11 is 5.36. The van der Waals surface area contributed by atoms with Crippen molar-refractivity contribution >= 4 is 50.6 Å². The molecule has 0 spiro atoms. The van der Waals surface area contributed by atoms with Gasteiger partial charge in [-0.1, -0.05) is 18.2 Å². The molecular formula is C25H20F3N5O5S2. The number of nitrogens with two attached hydrogens (primary N) is 1. The molecule has 3 aromatic rings. The molecule has 0 unspecified atom stereocenters. The van der Waals surface area contributed by atoms with Crippen molar-refractivity contribution < 1.29 is 36.3 Å². The van der Waals surface area contributed by atoms with Gasteiger partial charge in [-0.15, -0.1) is 0 Å². The lowest BCUT2D eigenvalue weighted by atomic mass is 10.0. The first kappa shape index (κ1) is 30.2. The molecule has 0 bridgehead atoms. The standard InChI is InChI=1S/C18H14F3N5O3S2.C7H6O2/c1-17(2)15(27)25(11-4-3-10(7-22)14(6-11)18(19,20)21)16(30)26(17)12-5-13(9-24-8-12)31(23,28)29;8-7(9)6-4-2-1-3-5-6/h3-6,8-9H,1-2H3,(H2,23,28,29);1-5H,(H,8,9). The number of primary sulfonamides is 1. The number of amides is 1. The highest BCUT2D eigenvalue weighted by Gasteiger charge is 2.51. The van der Waals surface area contributed by atoms with Gasteiger partial charge in [-0.3, -0.25) is 14.7 Å². The summed E-state index contributed by atoms with van der Waals surface area (Å²) in [5.74, 6) is -1.54. The predicted molar refractivity (Wildman–Crippen MR) is 142 cm³/mol. The van der Waals surface area contributed by atoms with Crippen LogP contribution in [0.25, 0.3) is 0 Å². The highest BCUT2D eigenvalue weighted by Crippen LogP contribution is 2.39. The molecular weight excluding hydrogens is 571 g/mol. The zero-order chi connectivity index (χ0) is 30.0. The highest BCUT2D eigenvalue weighted by atomic mass is 32.2. The molecule has 1 aliphatic rings. The summed E-state index contributed by atoms with van der Waals surface area (Å²) < 4.78 is 63.4. The smallest absolute Gasteiger partial charge is 0.417 e. The molecule has 3 N–H and O–H groups in total. The van der Waals surface area contributed by atoms with Crippen LogP contribution in [0.3, 0.4) is 0 Å². The number of carbonyl (C=O) groups is 2. The first-order valence-corrected chi connectivity index (χ1v) is 13.0. The number of nitriles is 1. The van der Waals surface area contributed by atoms with Crippen LogP contribution in [0.4, 0.5) is 24.5 Å². The van der Waals surface area contributed by atoms with Crippen molar-refractivity contribution in [2.24, 2.45) is 5.14 Å². The number of rotatable bonds is 4. The summed E-state index contributed by atoms with van der Waals surface area (Å²) in [5.41, 5.74) is -2.94. The van der Waals surface area contributed by atoms with E-state index in [4.69, 9.17) is 27.7 Å². The number of carboxylic acid groups (broad SMARTS) is 1. The monoisotopic (exact) mass is 591 g/mol. The molecule has 0 aliphatic carbocycles. The number of hydrogen-bond acceptors (Lipinski definition) is 7. The van der Waals surface area contributed by atoms with Gasteiger partial charge in [0.05, 0.1) is 40.3 Å². The van der Waals surface area contributed by atoms with Gasteiger partial charge < -0.3 is 10.0 Å². The molecule has 1 amide bonds. The molecule has 1 fully saturated rings. The second kappa shape index (κ2) is 11.0. The van der Waals surface area contributed by atoms with Crippen LogP contribution >= 0.6 is 12.2 Å². The number of nitrogens with zero attached hydrogens (tertiary/aromatic N) is 4. The van der Waals surface area contributed by atoms with Crippen molar-refractivity contribution in [3.8, 4) is 6.07 Å². The van der Waals surface area contributed by atoms with E-state index in [0.29, 0.717) is 11.6 Å². The van der Waals surface area contributed by atoms with Crippen LogP contribution in [0.5, 0.6) is 0 Å². The maximum atomic E-state index is 13.4. The SMILES string of the molecule is CC1(C)C(=O)N(c2ccc(C#N)c(C(F)(F)F)c2)C(=S)N1c1cncc(S(N)(=O)=O)c1.O=C(O)c1ccccc1. The van der Waals surface area contributed by atoms with Gasteiger partial charge in [0, 0.05) is 6.20 Å². The van der Waals surface area contributed by atoms with E-state index < -0.39 is 44.7 Å². The number of pyridine rings is 1.